The first kappa shape index (κ1) is 32.6. The largest absolute Gasteiger partial charge is 0.456 e. The molecule has 62 heavy (non-hydrogen) atoms. The summed E-state index contributed by atoms with van der Waals surface area (Å²) in [6.07, 6.45) is 1.83. The van der Waals surface area contributed by atoms with Gasteiger partial charge < -0.3 is 13.3 Å². The maximum Gasteiger partial charge on any atom is 0.227 e. The summed E-state index contributed by atoms with van der Waals surface area (Å²) in [6, 6.07) is 66.0. The number of rotatable bonds is 2. The molecule has 0 atom stereocenters. The van der Waals surface area contributed by atoms with Gasteiger partial charge in [0.15, 0.2) is 0 Å². The maximum atomic E-state index is 7.14. The monoisotopic (exact) mass is 789 g/mol. The van der Waals surface area contributed by atoms with Gasteiger partial charge in [0, 0.05) is 44.1 Å². The minimum absolute atomic E-state index is 0.628. The molecule has 13 aromatic rings. The highest BCUT2D eigenvalue weighted by Gasteiger charge is 2.53. The van der Waals surface area contributed by atoms with Gasteiger partial charge in [-0.3, -0.25) is 0 Å². The van der Waals surface area contributed by atoms with Crippen LogP contribution in [0.1, 0.15) is 22.3 Å². The predicted octanol–water partition coefficient (Wildman–Crippen LogP) is 15.6. The zero-order valence-corrected chi connectivity index (χ0v) is 33.1. The van der Waals surface area contributed by atoms with E-state index in [1.54, 1.807) is 0 Å². The lowest BCUT2D eigenvalue weighted by Crippen LogP contribution is -2.26. The van der Waals surface area contributed by atoms with E-state index < -0.39 is 5.41 Å². The second kappa shape index (κ2) is 11.5. The van der Waals surface area contributed by atoms with Crippen LogP contribution in [0.15, 0.2) is 201 Å². The third-order valence-corrected chi connectivity index (χ3v) is 14.0. The van der Waals surface area contributed by atoms with Gasteiger partial charge in [0.05, 0.1) is 5.41 Å². The lowest BCUT2D eigenvalue weighted by Gasteiger charge is -2.31. The Morgan fingerprint density at radius 1 is 0.339 bits per heavy atom. The molecule has 0 aliphatic heterocycles. The number of hydrogen-bond donors (Lipinski definition) is 0. The van der Waals surface area contributed by atoms with E-state index in [0.29, 0.717) is 5.71 Å². The van der Waals surface area contributed by atoms with E-state index in [9.17, 15) is 0 Å². The van der Waals surface area contributed by atoms with Gasteiger partial charge in [-0.2, -0.15) is 0 Å². The number of furan rings is 3. The van der Waals surface area contributed by atoms with Crippen molar-refractivity contribution in [1.29, 1.82) is 0 Å². The van der Waals surface area contributed by atoms with Crippen molar-refractivity contribution in [1.82, 2.24) is 4.98 Å². The minimum atomic E-state index is -0.662. The number of hydrogen-bond acceptors (Lipinski definition) is 4. The molecule has 0 bridgehead atoms. The normalized spacial score (nSPS) is 13.6. The van der Waals surface area contributed by atoms with E-state index in [1.165, 1.54) is 55.3 Å². The van der Waals surface area contributed by atoms with E-state index >= 15 is 0 Å². The zero-order valence-electron chi connectivity index (χ0n) is 33.1. The van der Waals surface area contributed by atoms with Crippen molar-refractivity contribution >= 4 is 76.7 Å². The lowest BCUT2D eigenvalue weighted by molar-refractivity contribution is 0.654. The maximum absolute atomic E-state index is 7.14. The van der Waals surface area contributed by atoms with Crippen LogP contribution in [0.5, 0.6) is 0 Å². The van der Waals surface area contributed by atoms with Crippen LogP contribution in [0.3, 0.4) is 0 Å². The second-order valence-electron chi connectivity index (χ2n) is 16.9. The van der Waals surface area contributed by atoms with Crippen molar-refractivity contribution in [3.8, 4) is 44.5 Å². The fraction of sp³-hybridized carbons (Fsp3) is 0.0172. The van der Waals surface area contributed by atoms with Gasteiger partial charge >= 0.3 is 0 Å². The molecule has 1 spiro atoms. The third-order valence-electron chi connectivity index (χ3n) is 14.0. The fourth-order valence-corrected chi connectivity index (χ4v) is 11.5. The van der Waals surface area contributed by atoms with Crippen LogP contribution in [-0.4, -0.2) is 4.98 Å². The Balaban J connectivity index is 1.13. The lowest BCUT2D eigenvalue weighted by atomic mass is 9.69. The molecule has 0 saturated heterocycles. The van der Waals surface area contributed by atoms with Crippen molar-refractivity contribution in [3.63, 3.8) is 0 Å². The van der Waals surface area contributed by atoms with Crippen molar-refractivity contribution < 1.29 is 13.3 Å². The Morgan fingerprint density at radius 3 is 1.53 bits per heavy atom. The number of aromatic nitrogens is 1. The standard InChI is InChI=1S/C58H31NO3/c1-2-17-39-34(12-1)41(32-23-25-51-43(28-32)37-15-5-9-21-49(37)60-51)30-47-54(39)55-48(58(47)45-19-7-3-13-35(45)36-14-4-8-20-46(36)58)31-42(53-40-18-11-27-59-57(40)62-56(53)55)33-24-26-52-44(29-33)38-16-6-10-22-50(38)61-52/h1-31H. The summed E-state index contributed by atoms with van der Waals surface area (Å²) >= 11 is 0. The van der Waals surface area contributed by atoms with Gasteiger partial charge in [0.1, 0.15) is 27.9 Å². The quantitative estimate of drug-likeness (QED) is 0.175. The van der Waals surface area contributed by atoms with E-state index in [0.717, 1.165) is 82.5 Å². The summed E-state index contributed by atoms with van der Waals surface area (Å²) < 4.78 is 19.8. The Bertz CT molecular complexity index is 4080. The molecule has 4 nitrogen and oxygen atoms in total. The molecule has 9 aromatic carbocycles. The summed E-state index contributed by atoms with van der Waals surface area (Å²) in [5.41, 5.74) is 18.7. The Hall–Kier alpha value is -8.21. The minimum Gasteiger partial charge on any atom is -0.456 e. The van der Waals surface area contributed by atoms with Crippen molar-refractivity contribution in [3.05, 3.63) is 210 Å². The van der Waals surface area contributed by atoms with Crippen LogP contribution in [0.25, 0.3) is 121 Å². The van der Waals surface area contributed by atoms with Crippen molar-refractivity contribution in [2.24, 2.45) is 0 Å². The molecule has 2 aliphatic carbocycles. The van der Waals surface area contributed by atoms with Gasteiger partial charge in [-0.05, 0) is 133 Å². The SMILES string of the molecule is c1ccc2c(c1)-c1ccccc1C21c2cc(-c3ccc4oc5ccccc5c4c3)c3ccccc3c2-c2c1cc(-c1ccc3oc4ccccc4c3c1)c1c2oc2ncccc21. The first-order valence-corrected chi connectivity index (χ1v) is 21.2. The molecule has 4 heterocycles. The number of nitrogens with zero attached hydrogens (tertiary/aromatic N) is 1. The highest BCUT2D eigenvalue weighted by molar-refractivity contribution is 6.23. The third kappa shape index (κ3) is 3.96. The number of para-hydroxylation sites is 2. The van der Waals surface area contributed by atoms with Gasteiger partial charge in [0.2, 0.25) is 5.71 Å². The second-order valence-corrected chi connectivity index (χ2v) is 16.9. The molecule has 4 aromatic heterocycles. The zero-order chi connectivity index (χ0) is 40.3. The summed E-state index contributed by atoms with van der Waals surface area (Å²) in [5.74, 6) is 0. The Kier molecular flexibility index (Phi) is 6.07. The number of benzene rings is 9. The Labute approximate surface area is 353 Å². The number of pyridine rings is 1. The average molecular weight is 790 g/mol. The molecule has 15 rings (SSSR count). The molecule has 0 radical (unpaired) electrons. The van der Waals surface area contributed by atoms with E-state index in [1.807, 2.05) is 36.5 Å². The topological polar surface area (TPSA) is 52.3 Å². The van der Waals surface area contributed by atoms with Crippen molar-refractivity contribution in [2.45, 2.75) is 5.41 Å². The summed E-state index contributed by atoms with van der Waals surface area (Å²) in [4.78, 5) is 4.85. The fourth-order valence-electron chi connectivity index (χ4n) is 11.5. The summed E-state index contributed by atoms with van der Waals surface area (Å²) in [5, 5.41) is 8.85. The molecule has 0 amide bonds. The van der Waals surface area contributed by atoms with E-state index in [-0.39, 0.29) is 0 Å². The van der Waals surface area contributed by atoms with E-state index in [2.05, 4.69) is 152 Å². The molecule has 4 heteroatoms. The average Bonchev–Trinajstić information content (AvgIpc) is 4.13. The first-order chi connectivity index (χ1) is 30.7. The van der Waals surface area contributed by atoms with E-state index in [4.69, 9.17) is 18.2 Å². The van der Waals surface area contributed by atoms with Gasteiger partial charge in [0.25, 0.3) is 0 Å². The van der Waals surface area contributed by atoms with Crippen molar-refractivity contribution in [2.75, 3.05) is 0 Å². The van der Waals surface area contributed by atoms with Crippen LogP contribution in [0.2, 0.25) is 0 Å². The van der Waals surface area contributed by atoms with Crippen LogP contribution in [0.4, 0.5) is 0 Å². The highest BCUT2D eigenvalue weighted by atomic mass is 16.3. The molecule has 0 N–H and O–H groups in total. The van der Waals surface area contributed by atoms with Gasteiger partial charge in [-0.25, -0.2) is 4.98 Å². The van der Waals surface area contributed by atoms with Crippen LogP contribution in [0, 0.1) is 0 Å². The van der Waals surface area contributed by atoms with Crippen LogP contribution >= 0.6 is 0 Å². The molecule has 0 unspecified atom stereocenters. The number of fused-ring (bicyclic) bond motifs is 22. The predicted molar refractivity (Wildman–Crippen MR) is 251 cm³/mol. The first-order valence-electron chi connectivity index (χ1n) is 21.2. The molecular weight excluding hydrogens is 759 g/mol. The molecule has 0 saturated carbocycles. The molecule has 286 valence electrons. The Morgan fingerprint density at radius 2 is 0.855 bits per heavy atom. The molecule has 2 aliphatic rings. The van der Waals surface area contributed by atoms with Crippen LogP contribution in [-0.2, 0) is 5.41 Å². The highest BCUT2D eigenvalue weighted by Crippen LogP contribution is 2.66. The van der Waals surface area contributed by atoms with Gasteiger partial charge in [-0.1, -0.05) is 121 Å². The molecule has 0 fully saturated rings. The summed E-state index contributed by atoms with van der Waals surface area (Å²) in [7, 11) is 0. The molecular formula is C58H31NO3. The summed E-state index contributed by atoms with van der Waals surface area (Å²) in [6.45, 7) is 0. The smallest absolute Gasteiger partial charge is 0.227 e. The van der Waals surface area contributed by atoms with Gasteiger partial charge in [-0.15, -0.1) is 0 Å². The van der Waals surface area contributed by atoms with Crippen LogP contribution < -0.4 is 0 Å².